The van der Waals surface area contributed by atoms with Crippen LogP contribution in [-0.4, -0.2) is 41.5 Å². The van der Waals surface area contributed by atoms with Crippen molar-refractivity contribution in [2.45, 2.75) is 57.3 Å². The van der Waals surface area contributed by atoms with Gasteiger partial charge in [0, 0.05) is 25.1 Å². The molecular weight excluding hydrogens is 333 g/mol. The van der Waals surface area contributed by atoms with Crippen LogP contribution < -0.4 is 5.32 Å². The van der Waals surface area contributed by atoms with Gasteiger partial charge in [0.15, 0.2) is 0 Å². The highest BCUT2D eigenvalue weighted by Gasteiger charge is 2.48. The van der Waals surface area contributed by atoms with Gasteiger partial charge in [-0.05, 0) is 49.3 Å². The van der Waals surface area contributed by atoms with E-state index in [2.05, 4.69) is 5.32 Å². The monoisotopic (exact) mass is 354 g/mol. The molecule has 2 amide bonds. The lowest BCUT2D eigenvalue weighted by Gasteiger charge is -2.40. The van der Waals surface area contributed by atoms with Gasteiger partial charge in [0.05, 0.1) is 0 Å². The summed E-state index contributed by atoms with van der Waals surface area (Å²) in [5.41, 5.74) is 2.28. The molecular formula is C18H21F3N2O2. The first-order chi connectivity index (χ1) is 11.8. The molecule has 136 valence electrons. The molecule has 1 aromatic rings. The molecule has 2 atom stereocenters. The van der Waals surface area contributed by atoms with E-state index in [9.17, 15) is 22.8 Å². The summed E-state index contributed by atoms with van der Waals surface area (Å²) in [5, 5.41) is 2.64. The summed E-state index contributed by atoms with van der Waals surface area (Å²) >= 11 is 0. The second-order valence-electron chi connectivity index (χ2n) is 6.79. The van der Waals surface area contributed by atoms with Gasteiger partial charge in [0.25, 0.3) is 5.91 Å². The van der Waals surface area contributed by atoms with Gasteiger partial charge in [-0.2, -0.15) is 13.2 Å². The summed E-state index contributed by atoms with van der Waals surface area (Å²) in [4.78, 5) is 25.1. The lowest BCUT2D eigenvalue weighted by Crippen LogP contribution is -2.58. The van der Waals surface area contributed by atoms with E-state index in [0.29, 0.717) is 5.56 Å². The number of benzene rings is 1. The first-order valence-electron chi connectivity index (χ1n) is 8.53. The largest absolute Gasteiger partial charge is 0.408 e. The Morgan fingerprint density at radius 1 is 1.20 bits per heavy atom. The van der Waals surface area contributed by atoms with Crippen LogP contribution in [0.4, 0.5) is 13.2 Å². The number of likely N-dealkylation sites (tertiary alicyclic amines) is 1. The lowest BCUT2D eigenvalue weighted by molar-refractivity contribution is -0.184. The third-order valence-corrected chi connectivity index (χ3v) is 5.00. The second kappa shape index (κ2) is 6.69. The van der Waals surface area contributed by atoms with Crippen LogP contribution in [0.25, 0.3) is 0 Å². The maximum absolute atomic E-state index is 13.4. The summed E-state index contributed by atoms with van der Waals surface area (Å²) < 4.78 is 40.3. The Balaban J connectivity index is 1.90. The molecule has 1 aromatic carbocycles. The maximum atomic E-state index is 13.4. The predicted octanol–water partition coefficient (Wildman–Crippen LogP) is 2.85. The third-order valence-electron chi connectivity index (χ3n) is 5.00. The molecule has 0 radical (unpaired) electrons. The van der Waals surface area contributed by atoms with E-state index >= 15 is 0 Å². The number of fused-ring (bicyclic) bond motifs is 1. The molecule has 1 aliphatic carbocycles. The predicted molar refractivity (Wildman–Crippen MR) is 86.2 cm³/mol. The van der Waals surface area contributed by atoms with Crippen LogP contribution in [-0.2, 0) is 17.6 Å². The van der Waals surface area contributed by atoms with Crippen molar-refractivity contribution in [1.82, 2.24) is 10.2 Å². The molecule has 25 heavy (non-hydrogen) atoms. The highest BCUT2D eigenvalue weighted by Crippen LogP contribution is 2.34. The number of halogens is 3. The number of nitrogens with zero attached hydrogens (tertiary/aromatic N) is 1. The van der Waals surface area contributed by atoms with Crippen molar-refractivity contribution >= 4 is 11.8 Å². The van der Waals surface area contributed by atoms with E-state index in [1.54, 1.807) is 12.1 Å². The van der Waals surface area contributed by atoms with Crippen LogP contribution in [0.5, 0.6) is 0 Å². The molecule has 1 fully saturated rings. The van der Waals surface area contributed by atoms with Crippen LogP contribution in [0, 0.1) is 0 Å². The molecule has 3 rings (SSSR count). The van der Waals surface area contributed by atoms with Crippen LogP contribution in [0.2, 0.25) is 0 Å². The molecule has 0 aromatic heterocycles. The molecule has 0 spiro atoms. The summed E-state index contributed by atoms with van der Waals surface area (Å²) in [6.07, 6.45) is -1.98. The lowest BCUT2D eigenvalue weighted by atomic mass is 9.95. The third kappa shape index (κ3) is 3.65. The van der Waals surface area contributed by atoms with Crippen LogP contribution in [0.1, 0.15) is 47.7 Å². The zero-order valence-corrected chi connectivity index (χ0v) is 14.0. The zero-order valence-electron chi connectivity index (χ0n) is 14.0. The van der Waals surface area contributed by atoms with Crippen molar-refractivity contribution in [2.75, 3.05) is 6.54 Å². The van der Waals surface area contributed by atoms with Gasteiger partial charge in [-0.3, -0.25) is 9.59 Å². The summed E-state index contributed by atoms with van der Waals surface area (Å²) in [7, 11) is 0. The van der Waals surface area contributed by atoms with E-state index in [4.69, 9.17) is 0 Å². The molecule has 2 aliphatic rings. The average molecular weight is 354 g/mol. The quantitative estimate of drug-likeness (QED) is 0.888. The van der Waals surface area contributed by atoms with E-state index in [-0.39, 0.29) is 25.3 Å². The van der Waals surface area contributed by atoms with Crippen molar-refractivity contribution < 1.29 is 22.8 Å². The van der Waals surface area contributed by atoms with Crippen LogP contribution in [0.3, 0.4) is 0 Å². The first kappa shape index (κ1) is 17.8. The molecule has 0 bridgehead atoms. The molecule has 2 unspecified atom stereocenters. The van der Waals surface area contributed by atoms with E-state index in [0.717, 1.165) is 35.3 Å². The average Bonchev–Trinajstić information content (AvgIpc) is 3.01. The number of hydrogen-bond acceptors (Lipinski definition) is 2. The smallest absolute Gasteiger partial charge is 0.352 e. The summed E-state index contributed by atoms with van der Waals surface area (Å²) in [6, 6.07) is 3.02. The molecule has 1 saturated heterocycles. The normalized spacial score (nSPS) is 23.3. The van der Waals surface area contributed by atoms with Gasteiger partial charge in [0.1, 0.15) is 6.04 Å². The minimum atomic E-state index is -4.48. The van der Waals surface area contributed by atoms with E-state index in [1.165, 1.54) is 6.92 Å². The fourth-order valence-corrected chi connectivity index (χ4v) is 3.92. The zero-order chi connectivity index (χ0) is 18.2. The SMILES string of the molecule is CC(=O)NC1CCC(C(F)(F)F)N(C(=O)c2cccc3c2CCC3)C1. The number of rotatable bonds is 2. The van der Waals surface area contributed by atoms with Crippen molar-refractivity contribution in [3.05, 3.63) is 34.9 Å². The highest BCUT2D eigenvalue weighted by molar-refractivity contribution is 5.96. The van der Waals surface area contributed by atoms with Crippen molar-refractivity contribution in [3.8, 4) is 0 Å². The minimum Gasteiger partial charge on any atom is -0.352 e. The summed E-state index contributed by atoms with van der Waals surface area (Å²) in [5.74, 6) is -0.889. The van der Waals surface area contributed by atoms with Gasteiger partial charge in [-0.25, -0.2) is 0 Å². The molecule has 1 N–H and O–H groups in total. The number of alkyl halides is 3. The van der Waals surface area contributed by atoms with E-state index in [1.807, 2.05) is 6.07 Å². The van der Waals surface area contributed by atoms with Gasteiger partial charge < -0.3 is 10.2 Å². The van der Waals surface area contributed by atoms with Crippen molar-refractivity contribution in [1.29, 1.82) is 0 Å². The van der Waals surface area contributed by atoms with Crippen LogP contribution in [0.15, 0.2) is 18.2 Å². The highest BCUT2D eigenvalue weighted by atomic mass is 19.4. The van der Waals surface area contributed by atoms with Crippen LogP contribution >= 0.6 is 0 Å². The molecule has 1 aliphatic heterocycles. The van der Waals surface area contributed by atoms with Gasteiger partial charge in [-0.1, -0.05) is 12.1 Å². The Labute approximate surface area is 144 Å². The number of nitrogens with one attached hydrogen (secondary N) is 1. The number of piperidine rings is 1. The van der Waals surface area contributed by atoms with Crippen molar-refractivity contribution in [3.63, 3.8) is 0 Å². The van der Waals surface area contributed by atoms with Crippen molar-refractivity contribution in [2.24, 2.45) is 0 Å². The second-order valence-corrected chi connectivity index (χ2v) is 6.79. The number of carbonyl (C=O) groups is 2. The number of carbonyl (C=O) groups excluding carboxylic acids is 2. The standard InChI is InChI=1S/C18H21F3N2O2/c1-11(24)22-13-8-9-16(18(19,20)21)23(10-13)17(25)15-7-3-5-12-4-2-6-14(12)15/h3,5,7,13,16H,2,4,6,8-10H2,1H3,(H,22,24). The number of hydrogen-bond donors (Lipinski definition) is 1. The Morgan fingerprint density at radius 2 is 1.96 bits per heavy atom. The molecule has 7 heteroatoms. The number of aryl methyl sites for hydroxylation is 1. The topological polar surface area (TPSA) is 49.4 Å². The Morgan fingerprint density at radius 3 is 2.64 bits per heavy atom. The minimum absolute atomic E-state index is 0.119. The Bertz CT molecular complexity index is 687. The molecule has 1 heterocycles. The Hall–Kier alpha value is -2.05. The van der Waals surface area contributed by atoms with E-state index < -0.39 is 24.2 Å². The fraction of sp³-hybridized carbons (Fsp3) is 0.556. The summed E-state index contributed by atoms with van der Waals surface area (Å²) in [6.45, 7) is 1.21. The van der Waals surface area contributed by atoms with Gasteiger partial charge in [-0.15, -0.1) is 0 Å². The first-order valence-corrected chi connectivity index (χ1v) is 8.53. The molecule has 4 nitrogen and oxygen atoms in total. The van der Waals surface area contributed by atoms with Gasteiger partial charge >= 0.3 is 6.18 Å². The maximum Gasteiger partial charge on any atom is 0.408 e. The number of amides is 2. The van der Waals surface area contributed by atoms with Gasteiger partial charge in [0.2, 0.25) is 5.91 Å². The molecule has 0 saturated carbocycles. The fourth-order valence-electron chi connectivity index (χ4n) is 3.92. The Kier molecular flexibility index (Phi) is 4.75.